The third-order valence-electron chi connectivity index (χ3n) is 2.69. The molecule has 0 unspecified atom stereocenters. The highest BCUT2D eigenvalue weighted by Crippen LogP contribution is 2.18. The Bertz CT molecular complexity index is 441. The standard InChI is InChI=1S/C13H15BrN2O2/c14-10-3-1-9(2-4-10)13(18)15-8-7-12(17)16-11-5-6-11/h1-4,11H,5-8H2,(H,15,18)(H,16,17). The van der Waals surface area contributed by atoms with Gasteiger partial charge in [-0.1, -0.05) is 15.9 Å². The molecule has 5 heteroatoms. The summed E-state index contributed by atoms with van der Waals surface area (Å²) in [4.78, 5) is 23.1. The van der Waals surface area contributed by atoms with E-state index in [1.807, 2.05) is 12.1 Å². The van der Waals surface area contributed by atoms with Gasteiger partial charge in [0, 0.05) is 29.0 Å². The number of hydrogen-bond donors (Lipinski definition) is 2. The molecule has 0 bridgehead atoms. The Labute approximate surface area is 114 Å². The second-order valence-corrected chi connectivity index (χ2v) is 5.27. The van der Waals surface area contributed by atoms with Crippen LogP contribution in [0.25, 0.3) is 0 Å². The molecule has 2 N–H and O–H groups in total. The molecule has 18 heavy (non-hydrogen) atoms. The zero-order valence-corrected chi connectivity index (χ0v) is 11.5. The topological polar surface area (TPSA) is 58.2 Å². The molecule has 0 radical (unpaired) electrons. The summed E-state index contributed by atoms with van der Waals surface area (Å²) in [6.45, 7) is 0.369. The van der Waals surface area contributed by atoms with Gasteiger partial charge in [0.15, 0.2) is 0 Å². The largest absolute Gasteiger partial charge is 0.353 e. The fourth-order valence-electron chi connectivity index (χ4n) is 1.52. The van der Waals surface area contributed by atoms with Crippen LogP contribution in [0.3, 0.4) is 0 Å². The Morgan fingerprint density at radius 1 is 1.22 bits per heavy atom. The molecule has 1 saturated carbocycles. The van der Waals surface area contributed by atoms with Crippen LogP contribution in [0.4, 0.5) is 0 Å². The fourth-order valence-corrected chi connectivity index (χ4v) is 1.78. The zero-order valence-electron chi connectivity index (χ0n) is 9.91. The first-order valence-electron chi connectivity index (χ1n) is 5.98. The van der Waals surface area contributed by atoms with Crippen molar-refractivity contribution in [2.24, 2.45) is 0 Å². The maximum atomic E-state index is 11.7. The Balaban J connectivity index is 1.70. The van der Waals surface area contributed by atoms with Gasteiger partial charge < -0.3 is 10.6 Å². The number of carbonyl (C=O) groups is 2. The van der Waals surface area contributed by atoms with Crippen molar-refractivity contribution in [1.29, 1.82) is 0 Å². The van der Waals surface area contributed by atoms with E-state index in [1.54, 1.807) is 12.1 Å². The smallest absolute Gasteiger partial charge is 0.251 e. The van der Waals surface area contributed by atoms with Crippen LogP contribution in [0, 0.1) is 0 Å². The van der Waals surface area contributed by atoms with Crippen molar-refractivity contribution in [3.05, 3.63) is 34.3 Å². The van der Waals surface area contributed by atoms with E-state index in [0.29, 0.717) is 24.6 Å². The Kier molecular flexibility index (Phi) is 4.36. The number of nitrogens with one attached hydrogen (secondary N) is 2. The van der Waals surface area contributed by atoms with Crippen LogP contribution in [0.2, 0.25) is 0 Å². The van der Waals surface area contributed by atoms with Gasteiger partial charge in [-0.3, -0.25) is 9.59 Å². The highest BCUT2D eigenvalue weighted by Gasteiger charge is 2.22. The van der Waals surface area contributed by atoms with Crippen molar-refractivity contribution in [1.82, 2.24) is 10.6 Å². The first-order chi connectivity index (χ1) is 8.65. The normalized spacial score (nSPS) is 14.1. The van der Waals surface area contributed by atoms with E-state index in [2.05, 4.69) is 26.6 Å². The maximum Gasteiger partial charge on any atom is 0.251 e. The van der Waals surface area contributed by atoms with Gasteiger partial charge in [-0.2, -0.15) is 0 Å². The number of amides is 2. The number of hydrogen-bond acceptors (Lipinski definition) is 2. The van der Waals surface area contributed by atoms with E-state index in [0.717, 1.165) is 17.3 Å². The van der Waals surface area contributed by atoms with Gasteiger partial charge in [-0.05, 0) is 37.1 Å². The first-order valence-corrected chi connectivity index (χ1v) is 6.77. The summed E-state index contributed by atoms with van der Waals surface area (Å²) in [6.07, 6.45) is 2.49. The lowest BCUT2D eigenvalue weighted by atomic mass is 10.2. The van der Waals surface area contributed by atoms with E-state index in [-0.39, 0.29) is 11.8 Å². The molecule has 0 atom stereocenters. The molecule has 96 valence electrons. The Hall–Kier alpha value is -1.36. The molecule has 0 aliphatic heterocycles. The van der Waals surface area contributed by atoms with E-state index in [1.165, 1.54) is 0 Å². The van der Waals surface area contributed by atoms with Crippen LogP contribution in [-0.2, 0) is 4.79 Å². The highest BCUT2D eigenvalue weighted by molar-refractivity contribution is 9.10. The second-order valence-electron chi connectivity index (χ2n) is 4.35. The SMILES string of the molecule is O=C(CCNC(=O)c1ccc(Br)cc1)NC1CC1. The minimum absolute atomic E-state index is 0.00797. The summed E-state index contributed by atoms with van der Waals surface area (Å²) >= 11 is 3.31. The van der Waals surface area contributed by atoms with Gasteiger partial charge in [-0.25, -0.2) is 0 Å². The van der Waals surface area contributed by atoms with Crippen LogP contribution in [-0.4, -0.2) is 24.4 Å². The molecule has 2 amide bonds. The second kappa shape index (κ2) is 6.00. The molecule has 1 aliphatic carbocycles. The molecule has 2 rings (SSSR count). The molecule has 0 spiro atoms. The lowest BCUT2D eigenvalue weighted by molar-refractivity contribution is -0.121. The van der Waals surface area contributed by atoms with Crippen molar-refractivity contribution in [3.8, 4) is 0 Å². The van der Waals surface area contributed by atoms with Crippen molar-refractivity contribution in [3.63, 3.8) is 0 Å². The molecule has 0 aromatic heterocycles. The van der Waals surface area contributed by atoms with E-state index in [9.17, 15) is 9.59 Å². The van der Waals surface area contributed by atoms with Gasteiger partial charge >= 0.3 is 0 Å². The van der Waals surface area contributed by atoms with Crippen LogP contribution in [0.5, 0.6) is 0 Å². The Morgan fingerprint density at radius 2 is 1.89 bits per heavy atom. The third kappa shape index (κ3) is 4.14. The van der Waals surface area contributed by atoms with Gasteiger partial charge in [-0.15, -0.1) is 0 Å². The van der Waals surface area contributed by atoms with E-state index < -0.39 is 0 Å². The highest BCUT2D eigenvalue weighted by atomic mass is 79.9. The quantitative estimate of drug-likeness (QED) is 0.872. The summed E-state index contributed by atoms with van der Waals surface area (Å²) in [5.74, 6) is -0.143. The van der Waals surface area contributed by atoms with Crippen molar-refractivity contribution >= 4 is 27.7 Å². The van der Waals surface area contributed by atoms with Crippen LogP contribution in [0.15, 0.2) is 28.7 Å². The van der Waals surface area contributed by atoms with E-state index in [4.69, 9.17) is 0 Å². The molecule has 1 aromatic rings. The number of rotatable bonds is 5. The minimum atomic E-state index is -0.151. The van der Waals surface area contributed by atoms with Crippen molar-refractivity contribution in [2.45, 2.75) is 25.3 Å². The van der Waals surface area contributed by atoms with Gasteiger partial charge in [0.05, 0.1) is 0 Å². The molecule has 1 aliphatic rings. The summed E-state index contributed by atoms with van der Waals surface area (Å²) in [6, 6.07) is 7.48. The van der Waals surface area contributed by atoms with Crippen LogP contribution >= 0.6 is 15.9 Å². The first kappa shape index (κ1) is 13.1. The lowest BCUT2D eigenvalue weighted by Crippen LogP contribution is -2.31. The number of benzene rings is 1. The molecule has 1 fully saturated rings. The van der Waals surface area contributed by atoms with Crippen LogP contribution in [0.1, 0.15) is 29.6 Å². The summed E-state index contributed by atoms with van der Waals surface area (Å²) in [7, 11) is 0. The van der Waals surface area contributed by atoms with Gasteiger partial charge in [0.2, 0.25) is 5.91 Å². The molecular weight excluding hydrogens is 296 g/mol. The summed E-state index contributed by atoms with van der Waals surface area (Å²) in [5.41, 5.74) is 0.598. The number of carbonyl (C=O) groups excluding carboxylic acids is 2. The fraction of sp³-hybridized carbons (Fsp3) is 0.385. The minimum Gasteiger partial charge on any atom is -0.353 e. The average molecular weight is 311 g/mol. The number of halogens is 1. The predicted octanol–water partition coefficient (Wildman–Crippen LogP) is 1.85. The predicted molar refractivity (Wildman–Crippen MR) is 72.3 cm³/mol. The lowest BCUT2D eigenvalue weighted by Gasteiger charge is -2.06. The summed E-state index contributed by atoms with van der Waals surface area (Å²) in [5, 5.41) is 5.61. The van der Waals surface area contributed by atoms with Gasteiger partial charge in [0.1, 0.15) is 0 Å². The van der Waals surface area contributed by atoms with E-state index >= 15 is 0 Å². The molecule has 4 nitrogen and oxygen atoms in total. The molecular formula is C13H15BrN2O2. The zero-order chi connectivity index (χ0) is 13.0. The molecule has 0 heterocycles. The van der Waals surface area contributed by atoms with Crippen molar-refractivity contribution < 1.29 is 9.59 Å². The average Bonchev–Trinajstić information content (AvgIpc) is 3.13. The van der Waals surface area contributed by atoms with Crippen molar-refractivity contribution in [2.75, 3.05) is 6.54 Å². The van der Waals surface area contributed by atoms with Gasteiger partial charge in [0.25, 0.3) is 5.91 Å². The Morgan fingerprint density at radius 3 is 2.50 bits per heavy atom. The molecule has 1 aromatic carbocycles. The monoisotopic (exact) mass is 310 g/mol. The maximum absolute atomic E-state index is 11.7. The third-order valence-corrected chi connectivity index (χ3v) is 3.22. The molecule has 0 saturated heterocycles. The summed E-state index contributed by atoms with van der Waals surface area (Å²) < 4.78 is 0.933. The van der Waals surface area contributed by atoms with Crippen LogP contribution < -0.4 is 10.6 Å².